The van der Waals surface area contributed by atoms with E-state index in [9.17, 15) is 0 Å². The van der Waals surface area contributed by atoms with Crippen molar-refractivity contribution < 1.29 is 9.47 Å². The second-order valence-corrected chi connectivity index (χ2v) is 6.98. The highest BCUT2D eigenvalue weighted by atomic mass is 16.5. The molecule has 0 heterocycles. The zero-order chi connectivity index (χ0) is 15.5. The van der Waals surface area contributed by atoms with Crippen molar-refractivity contribution in [3.8, 4) is 11.5 Å². The van der Waals surface area contributed by atoms with Crippen molar-refractivity contribution in [1.82, 2.24) is 5.32 Å². The summed E-state index contributed by atoms with van der Waals surface area (Å²) in [6.45, 7) is 5.83. The van der Waals surface area contributed by atoms with E-state index in [1.165, 1.54) is 24.8 Å². The first-order valence-corrected chi connectivity index (χ1v) is 7.86. The molecule has 1 aromatic rings. The van der Waals surface area contributed by atoms with Crippen molar-refractivity contribution in [2.45, 2.75) is 39.0 Å². The minimum absolute atomic E-state index is 0.408. The summed E-state index contributed by atoms with van der Waals surface area (Å²) in [5, 5.41) is 3.36. The topological polar surface area (TPSA) is 30.5 Å². The van der Waals surface area contributed by atoms with Crippen molar-refractivity contribution in [1.29, 1.82) is 0 Å². The highest BCUT2D eigenvalue weighted by molar-refractivity contribution is 5.40. The van der Waals surface area contributed by atoms with Crippen LogP contribution in [0.1, 0.15) is 44.6 Å². The SMILES string of the molecule is CNCC1CCC(C)(C)CC1c1cc(OC)cc(OC)c1. The maximum atomic E-state index is 5.44. The molecule has 21 heavy (non-hydrogen) atoms. The molecule has 2 rings (SSSR count). The molecule has 1 aromatic carbocycles. The second kappa shape index (κ2) is 6.69. The van der Waals surface area contributed by atoms with Crippen molar-refractivity contribution in [2.75, 3.05) is 27.8 Å². The van der Waals surface area contributed by atoms with Crippen molar-refractivity contribution in [3.05, 3.63) is 23.8 Å². The molecule has 0 radical (unpaired) electrons. The van der Waals surface area contributed by atoms with Crippen molar-refractivity contribution >= 4 is 0 Å². The molecular formula is C18H29NO2. The van der Waals surface area contributed by atoms with Gasteiger partial charge in [-0.2, -0.15) is 0 Å². The lowest BCUT2D eigenvalue weighted by atomic mass is 9.65. The Morgan fingerprint density at radius 3 is 2.29 bits per heavy atom. The first-order valence-electron chi connectivity index (χ1n) is 7.86. The maximum absolute atomic E-state index is 5.44. The average Bonchev–Trinajstić information content (AvgIpc) is 2.48. The third-order valence-electron chi connectivity index (χ3n) is 4.80. The van der Waals surface area contributed by atoms with Crippen LogP contribution in [0.2, 0.25) is 0 Å². The van der Waals surface area contributed by atoms with Crippen LogP contribution in [0.3, 0.4) is 0 Å². The van der Waals surface area contributed by atoms with Crippen LogP contribution in [0.5, 0.6) is 11.5 Å². The van der Waals surface area contributed by atoms with Crippen LogP contribution in [-0.2, 0) is 0 Å². The summed E-state index contributed by atoms with van der Waals surface area (Å²) in [5.74, 6) is 3.01. The molecule has 0 saturated heterocycles. The molecule has 1 aliphatic carbocycles. The highest BCUT2D eigenvalue weighted by Crippen LogP contribution is 2.47. The number of nitrogens with one attached hydrogen (secondary N) is 1. The van der Waals surface area contributed by atoms with E-state index in [4.69, 9.17) is 9.47 Å². The first-order chi connectivity index (χ1) is 9.99. The molecule has 1 saturated carbocycles. The number of rotatable bonds is 5. The standard InChI is InChI=1S/C18H29NO2/c1-18(2)7-6-13(12-19-3)17(11-18)14-8-15(20-4)10-16(9-14)21-5/h8-10,13,17,19H,6-7,11-12H2,1-5H3. The summed E-state index contributed by atoms with van der Waals surface area (Å²) < 4.78 is 10.9. The molecule has 0 spiro atoms. The van der Waals surface area contributed by atoms with Gasteiger partial charge in [-0.1, -0.05) is 13.8 Å². The van der Waals surface area contributed by atoms with Crippen LogP contribution < -0.4 is 14.8 Å². The van der Waals surface area contributed by atoms with Crippen molar-refractivity contribution in [2.24, 2.45) is 11.3 Å². The Morgan fingerprint density at radius 1 is 1.14 bits per heavy atom. The van der Waals surface area contributed by atoms with Crippen molar-refractivity contribution in [3.63, 3.8) is 0 Å². The molecule has 1 aliphatic rings. The number of hydrogen-bond donors (Lipinski definition) is 1. The minimum atomic E-state index is 0.408. The molecule has 0 aromatic heterocycles. The minimum Gasteiger partial charge on any atom is -0.497 e. The van der Waals surface area contributed by atoms with Crippen LogP contribution in [0.25, 0.3) is 0 Å². The fourth-order valence-corrected chi connectivity index (χ4v) is 3.58. The smallest absolute Gasteiger partial charge is 0.122 e. The van der Waals surface area contributed by atoms with Gasteiger partial charge in [0, 0.05) is 6.07 Å². The average molecular weight is 291 g/mol. The van der Waals surface area contributed by atoms with Gasteiger partial charge in [0.25, 0.3) is 0 Å². The molecule has 1 N–H and O–H groups in total. The Bertz CT molecular complexity index is 448. The van der Waals surface area contributed by atoms with E-state index in [2.05, 4.69) is 31.3 Å². The summed E-state index contributed by atoms with van der Waals surface area (Å²) in [6.07, 6.45) is 3.80. The summed E-state index contributed by atoms with van der Waals surface area (Å²) in [7, 11) is 5.48. The van der Waals surface area contributed by atoms with Gasteiger partial charge in [0.2, 0.25) is 0 Å². The third-order valence-corrected chi connectivity index (χ3v) is 4.80. The van der Waals surface area contributed by atoms with Crippen LogP contribution in [-0.4, -0.2) is 27.8 Å². The number of methoxy groups -OCH3 is 2. The number of hydrogen-bond acceptors (Lipinski definition) is 3. The molecular weight excluding hydrogens is 262 g/mol. The van der Waals surface area contributed by atoms with Gasteiger partial charge < -0.3 is 14.8 Å². The lowest BCUT2D eigenvalue weighted by Gasteiger charge is -2.41. The van der Waals surface area contributed by atoms with E-state index in [-0.39, 0.29) is 0 Å². The monoisotopic (exact) mass is 291 g/mol. The molecule has 1 fully saturated rings. The Morgan fingerprint density at radius 2 is 1.76 bits per heavy atom. The fourth-order valence-electron chi connectivity index (χ4n) is 3.58. The largest absolute Gasteiger partial charge is 0.497 e. The molecule has 2 unspecified atom stereocenters. The lowest BCUT2D eigenvalue weighted by Crippen LogP contribution is -2.33. The van der Waals surface area contributed by atoms with E-state index < -0.39 is 0 Å². The normalized spacial score (nSPS) is 24.6. The van der Waals surface area contributed by atoms with Crippen LogP contribution in [0.15, 0.2) is 18.2 Å². The molecule has 0 amide bonds. The summed E-state index contributed by atoms with van der Waals surface area (Å²) >= 11 is 0. The van der Waals surface area contributed by atoms with E-state index in [0.29, 0.717) is 17.3 Å². The summed E-state index contributed by atoms with van der Waals surface area (Å²) in [6, 6.07) is 6.30. The molecule has 3 heteroatoms. The van der Waals surface area contributed by atoms with Crippen LogP contribution in [0.4, 0.5) is 0 Å². The predicted molar refractivity (Wildman–Crippen MR) is 87.3 cm³/mol. The first kappa shape index (κ1) is 16.2. The fraction of sp³-hybridized carbons (Fsp3) is 0.667. The van der Waals surface area contributed by atoms with Crippen LogP contribution >= 0.6 is 0 Å². The van der Waals surface area contributed by atoms with Crippen LogP contribution in [0, 0.1) is 11.3 Å². The van der Waals surface area contributed by atoms with Gasteiger partial charge in [-0.3, -0.25) is 0 Å². The predicted octanol–water partition coefficient (Wildman–Crippen LogP) is 3.83. The van der Waals surface area contributed by atoms with Gasteiger partial charge in [-0.25, -0.2) is 0 Å². The molecule has 3 nitrogen and oxygen atoms in total. The molecule has 0 bridgehead atoms. The van der Waals surface area contributed by atoms with Gasteiger partial charge in [0.1, 0.15) is 11.5 Å². The lowest BCUT2D eigenvalue weighted by molar-refractivity contribution is 0.161. The molecule has 118 valence electrons. The van der Waals surface area contributed by atoms with Gasteiger partial charge in [-0.05, 0) is 67.8 Å². The van der Waals surface area contributed by atoms with E-state index >= 15 is 0 Å². The molecule has 0 aliphatic heterocycles. The number of benzene rings is 1. The Balaban J connectivity index is 2.34. The van der Waals surface area contributed by atoms with E-state index in [1.807, 2.05) is 13.1 Å². The quantitative estimate of drug-likeness (QED) is 0.894. The van der Waals surface area contributed by atoms with Gasteiger partial charge >= 0.3 is 0 Å². The Hall–Kier alpha value is -1.22. The Kier molecular flexibility index (Phi) is 5.15. The third kappa shape index (κ3) is 3.91. The summed E-state index contributed by atoms with van der Waals surface area (Å²) in [5.41, 5.74) is 1.75. The maximum Gasteiger partial charge on any atom is 0.122 e. The van der Waals surface area contributed by atoms with Gasteiger partial charge in [0.05, 0.1) is 14.2 Å². The Labute approximate surface area is 129 Å². The highest BCUT2D eigenvalue weighted by Gasteiger charge is 2.35. The van der Waals surface area contributed by atoms with Gasteiger partial charge in [-0.15, -0.1) is 0 Å². The number of ether oxygens (including phenoxy) is 2. The van der Waals surface area contributed by atoms with Gasteiger partial charge in [0.15, 0.2) is 0 Å². The zero-order valence-corrected chi connectivity index (χ0v) is 14.0. The summed E-state index contributed by atoms with van der Waals surface area (Å²) in [4.78, 5) is 0. The van der Waals surface area contributed by atoms with E-state index in [1.54, 1.807) is 14.2 Å². The van der Waals surface area contributed by atoms with E-state index in [0.717, 1.165) is 18.0 Å². The zero-order valence-electron chi connectivity index (χ0n) is 14.0. The molecule has 2 atom stereocenters. The second-order valence-electron chi connectivity index (χ2n) is 6.98.